The van der Waals surface area contributed by atoms with Crippen LogP contribution in [0.15, 0.2) is 23.3 Å². The van der Waals surface area contributed by atoms with Gasteiger partial charge < -0.3 is 5.32 Å². The van der Waals surface area contributed by atoms with Crippen LogP contribution in [0.3, 0.4) is 0 Å². The number of rotatable bonds is 3. The van der Waals surface area contributed by atoms with Crippen molar-refractivity contribution in [3.63, 3.8) is 0 Å². The van der Waals surface area contributed by atoms with Crippen LogP contribution in [-0.2, 0) is 0 Å². The van der Waals surface area contributed by atoms with E-state index in [0.717, 1.165) is 6.54 Å². The van der Waals surface area contributed by atoms with Gasteiger partial charge in [0.1, 0.15) is 0 Å². The molecule has 1 heteroatoms. The van der Waals surface area contributed by atoms with Gasteiger partial charge in [0.15, 0.2) is 0 Å². The molecule has 0 heterocycles. The molecule has 1 nitrogen and oxygen atoms in total. The van der Waals surface area contributed by atoms with Crippen LogP contribution in [0, 0.1) is 0 Å². The highest BCUT2D eigenvalue weighted by Crippen LogP contribution is 2.02. The molecule has 0 radical (unpaired) electrons. The van der Waals surface area contributed by atoms with Crippen LogP contribution in [-0.4, -0.2) is 13.6 Å². The quantitative estimate of drug-likeness (QED) is 0.590. The summed E-state index contributed by atoms with van der Waals surface area (Å²) in [4.78, 5) is 0. The Morgan fingerprint density at radius 1 is 1.40 bits per heavy atom. The molecule has 0 amide bonds. The van der Waals surface area contributed by atoms with Crippen molar-refractivity contribution in [2.45, 2.75) is 20.8 Å². The van der Waals surface area contributed by atoms with Gasteiger partial charge >= 0.3 is 0 Å². The monoisotopic (exact) mass is 139 g/mol. The van der Waals surface area contributed by atoms with Gasteiger partial charge in [0.25, 0.3) is 0 Å². The van der Waals surface area contributed by atoms with Crippen LogP contribution in [0.5, 0.6) is 0 Å². The van der Waals surface area contributed by atoms with Gasteiger partial charge in [-0.3, -0.25) is 0 Å². The molecule has 10 heavy (non-hydrogen) atoms. The fourth-order valence-corrected chi connectivity index (χ4v) is 0.794. The van der Waals surface area contributed by atoms with Gasteiger partial charge in [-0.1, -0.05) is 17.7 Å². The Kier molecular flexibility index (Phi) is 4.95. The Bertz CT molecular complexity index is 139. The van der Waals surface area contributed by atoms with Gasteiger partial charge in [0.05, 0.1) is 0 Å². The third-order valence-corrected chi connectivity index (χ3v) is 1.38. The van der Waals surface area contributed by atoms with E-state index in [1.807, 2.05) is 14.0 Å². The van der Waals surface area contributed by atoms with Crippen molar-refractivity contribution in [2.24, 2.45) is 0 Å². The molecule has 0 aromatic carbocycles. The van der Waals surface area contributed by atoms with Crippen LogP contribution in [0.4, 0.5) is 0 Å². The zero-order valence-corrected chi connectivity index (χ0v) is 7.36. The SMILES string of the molecule is CC=CC(CNC)=C(C)C. The minimum atomic E-state index is 0.965. The number of hydrogen-bond acceptors (Lipinski definition) is 1. The van der Waals surface area contributed by atoms with Crippen LogP contribution in [0.2, 0.25) is 0 Å². The molecular weight excluding hydrogens is 122 g/mol. The molecule has 0 saturated carbocycles. The summed E-state index contributed by atoms with van der Waals surface area (Å²) in [6.07, 6.45) is 4.21. The van der Waals surface area contributed by atoms with E-state index in [9.17, 15) is 0 Å². The average Bonchev–Trinajstić information content (AvgIpc) is 1.87. The molecule has 0 rings (SSSR count). The summed E-state index contributed by atoms with van der Waals surface area (Å²) in [6.45, 7) is 7.27. The van der Waals surface area contributed by atoms with Gasteiger partial charge in [-0.25, -0.2) is 0 Å². The molecule has 1 N–H and O–H groups in total. The Labute approximate surface area is 63.8 Å². The van der Waals surface area contributed by atoms with Gasteiger partial charge in [0.2, 0.25) is 0 Å². The Morgan fingerprint density at radius 2 is 2.00 bits per heavy atom. The van der Waals surface area contributed by atoms with Crippen molar-refractivity contribution in [2.75, 3.05) is 13.6 Å². The van der Waals surface area contributed by atoms with Crippen LogP contribution in [0.25, 0.3) is 0 Å². The van der Waals surface area contributed by atoms with Gasteiger partial charge in [-0.15, -0.1) is 0 Å². The summed E-state index contributed by atoms with van der Waals surface area (Å²) < 4.78 is 0. The summed E-state index contributed by atoms with van der Waals surface area (Å²) in [5.74, 6) is 0. The first kappa shape index (κ1) is 9.44. The molecule has 0 aliphatic heterocycles. The fourth-order valence-electron chi connectivity index (χ4n) is 0.794. The van der Waals surface area contributed by atoms with Crippen molar-refractivity contribution in [3.05, 3.63) is 23.3 Å². The lowest BCUT2D eigenvalue weighted by atomic mass is 10.1. The molecule has 0 bridgehead atoms. The molecule has 0 unspecified atom stereocenters. The van der Waals surface area contributed by atoms with E-state index in [1.54, 1.807) is 0 Å². The van der Waals surface area contributed by atoms with E-state index in [4.69, 9.17) is 0 Å². The van der Waals surface area contributed by atoms with Gasteiger partial charge in [0, 0.05) is 6.54 Å². The molecule has 58 valence electrons. The first-order valence-corrected chi connectivity index (χ1v) is 3.66. The predicted octanol–water partition coefficient (Wildman–Crippen LogP) is 2.12. The normalized spacial score (nSPS) is 10.4. The lowest BCUT2D eigenvalue weighted by Crippen LogP contribution is -2.10. The summed E-state index contributed by atoms with van der Waals surface area (Å²) in [7, 11) is 1.96. The summed E-state index contributed by atoms with van der Waals surface area (Å²) >= 11 is 0. The molecule has 0 aliphatic carbocycles. The van der Waals surface area contributed by atoms with Crippen molar-refractivity contribution in [1.82, 2.24) is 5.32 Å². The highest BCUT2D eigenvalue weighted by Gasteiger charge is 1.90. The Balaban J connectivity index is 4.13. The fraction of sp³-hybridized carbons (Fsp3) is 0.556. The highest BCUT2D eigenvalue weighted by atomic mass is 14.8. The lowest BCUT2D eigenvalue weighted by Gasteiger charge is -2.02. The van der Waals surface area contributed by atoms with Crippen LogP contribution in [0.1, 0.15) is 20.8 Å². The van der Waals surface area contributed by atoms with E-state index >= 15 is 0 Å². The molecular formula is C9H17N. The Morgan fingerprint density at radius 3 is 2.30 bits per heavy atom. The number of allylic oxidation sites excluding steroid dienone is 2. The minimum absolute atomic E-state index is 0.965. The smallest absolute Gasteiger partial charge is 0.0201 e. The maximum Gasteiger partial charge on any atom is 0.0201 e. The second-order valence-corrected chi connectivity index (χ2v) is 2.56. The van der Waals surface area contributed by atoms with Crippen LogP contribution < -0.4 is 5.32 Å². The average molecular weight is 139 g/mol. The molecule has 0 aromatic rings. The number of likely N-dealkylation sites (N-methyl/N-ethyl adjacent to an activating group) is 1. The summed E-state index contributed by atoms with van der Waals surface area (Å²) in [5.41, 5.74) is 2.76. The third kappa shape index (κ3) is 3.46. The zero-order chi connectivity index (χ0) is 7.98. The largest absolute Gasteiger partial charge is 0.316 e. The summed E-state index contributed by atoms with van der Waals surface area (Å²) in [5, 5.41) is 3.12. The van der Waals surface area contributed by atoms with E-state index in [0.29, 0.717) is 0 Å². The highest BCUT2D eigenvalue weighted by molar-refractivity contribution is 5.24. The number of nitrogens with one attached hydrogen (secondary N) is 1. The molecule has 0 fully saturated rings. The van der Waals surface area contributed by atoms with E-state index in [2.05, 4.69) is 31.3 Å². The van der Waals surface area contributed by atoms with Crippen molar-refractivity contribution in [1.29, 1.82) is 0 Å². The third-order valence-electron chi connectivity index (χ3n) is 1.38. The minimum Gasteiger partial charge on any atom is -0.316 e. The predicted molar refractivity (Wildman–Crippen MR) is 47.1 cm³/mol. The van der Waals surface area contributed by atoms with Crippen molar-refractivity contribution in [3.8, 4) is 0 Å². The van der Waals surface area contributed by atoms with Crippen molar-refractivity contribution >= 4 is 0 Å². The van der Waals surface area contributed by atoms with Gasteiger partial charge in [-0.05, 0) is 33.4 Å². The first-order valence-electron chi connectivity index (χ1n) is 3.66. The van der Waals surface area contributed by atoms with E-state index in [-0.39, 0.29) is 0 Å². The van der Waals surface area contributed by atoms with Crippen molar-refractivity contribution < 1.29 is 0 Å². The molecule has 0 atom stereocenters. The standard InChI is InChI=1S/C9H17N/c1-5-6-9(7-10-4)8(2)3/h5-6,10H,7H2,1-4H3. The van der Waals surface area contributed by atoms with Gasteiger partial charge in [-0.2, -0.15) is 0 Å². The molecule has 0 saturated heterocycles. The maximum absolute atomic E-state index is 3.12. The second kappa shape index (κ2) is 5.24. The topological polar surface area (TPSA) is 12.0 Å². The van der Waals surface area contributed by atoms with E-state index < -0.39 is 0 Å². The molecule has 0 aliphatic rings. The zero-order valence-electron chi connectivity index (χ0n) is 7.36. The van der Waals surface area contributed by atoms with E-state index in [1.165, 1.54) is 11.1 Å². The Hall–Kier alpha value is -0.560. The second-order valence-electron chi connectivity index (χ2n) is 2.56. The molecule has 0 spiro atoms. The first-order chi connectivity index (χ1) is 4.72. The summed E-state index contributed by atoms with van der Waals surface area (Å²) in [6, 6.07) is 0. The number of hydrogen-bond donors (Lipinski definition) is 1. The maximum atomic E-state index is 3.12. The molecule has 0 aromatic heterocycles. The van der Waals surface area contributed by atoms with Crippen LogP contribution >= 0.6 is 0 Å². The lowest BCUT2D eigenvalue weighted by molar-refractivity contribution is 0.885.